The first-order chi connectivity index (χ1) is 4.88. The van der Waals surface area contributed by atoms with Gasteiger partial charge >= 0.3 is 0 Å². The van der Waals surface area contributed by atoms with Crippen LogP contribution in [0.2, 0.25) is 0 Å². The predicted molar refractivity (Wildman–Crippen MR) is 51.1 cm³/mol. The van der Waals surface area contributed by atoms with Crippen molar-refractivity contribution in [1.82, 2.24) is 0 Å². The minimum atomic E-state index is 0. The molecule has 1 rings (SSSR count). The van der Waals surface area contributed by atoms with Crippen LogP contribution in [0.1, 0.15) is 18.1 Å². The van der Waals surface area contributed by atoms with Gasteiger partial charge in [-0.3, -0.25) is 0 Å². The minimum Gasteiger partial charge on any atom is -0.122 e. The zero-order valence-corrected chi connectivity index (χ0v) is 8.59. The van der Waals surface area contributed by atoms with Crippen molar-refractivity contribution in [2.45, 2.75) is 19.2 Å². The number of rotatable bonds is 2. The van der Waals surface area contributed by atoms with Gasteiger partial charge in [-0.05, 0) is 17.5 Å². The summed E-state index contributed by atoms with van der Waals surface area (Å²) in [6.07, 6.45) is 1.07. The molecule has 0 aliphatic heterocycles. The topological polar surface area (TPSA) is 0 Å². The molecule has 0 atom stereocenters. The van der Waals surface area contributed by atoms with Gasteiger partial charge in [0.15, 0.2) is 0 Å². The lowest BCUT2D eigenvalue weighted by Crippen LogP contribution is -1.86. The molecule has 57 valence electrons. The number of aryl methyl sites for hydroxylation is 1. The summed E-state index contributed by atoms with van der Waals surface area (Å²) in [6.45, 7) is 2.14. The molecule has 0 fully saturated rings. The summed E-state index contributed by atoms with van der Waals surface area (Å²) in [4.78, 5) is 0. The van der Waals surface area contributed by atoms with E-state index in [2.05, 4.69) is 25.1 Å². The summed E-state index contributed by atoms with van der Waals surface area (Å²) in [6, 6.07) is 8.27. The molecule has 2 heteroatoms. The van der Waals surface area contributed by atoms with Gasteiger partial charge in [0.25, 0.3) is 0 Å². The fraction of sp³-hybridized carbons (Fsp3) is 0.333. The second-order valence-electron chi connectivity index (χ2n) is 2.26. The maximum atomic E-state index is 5.71. The van der Waals surface area contributed by atoms with Crippen LogP contribution in [0.4, 0.5) is 0 Å². The molecule has 1 aromatic carbocycles. The van der Waals surface area contributed by atoms with E-state index in [-0.39, 0.29) is 17.4 Å². The van der Waals surface area contributed by atoms with Crippen molar-refractivity contribution in [3.05, 3.63) is 35.4 Å². The van der Waals surface area contributed by atoms with Crippen molar-refractivity contribution in [3.63, 3.8) is 0 Å². The summed E-state index contributed by atoms with van der Waals surface area (Å²) >= 11 is 5.71. The monoisotopic (exact) mass is 181 g/mol. The Morgan fingerprint density at radius 1 is 1.18 bits per heavy atom. The molecule has 3 radical (unpaired) electrons. The summed E-state index contributed by atoms with van der Waals surface area (Å²) < 4.78 is 0. The van der Waals surface area contributed by atoms with E-state index in [1.54, 1.807) is 0 Å². The highest BCUT2D eigenvalue weighted by Crippen LogP contribution is 2.11. The molecule has 0 saturated heterocycles. The van der Waals surface area contributed by atoms with Gasteiger partial charge < -0.3 is 0 Å². The fourth-order valence-corrected chi connectivity index (χ4v) is 1.29. The number of hydrogen-bond donors (Lipinski definition) is 0. The SMILES string of the molecule is CCc1ccccc1CCl.[Al]. The van der Waals surface area contributed by atoms with Crippen LogP contribution in [0.3, 0.4) is 0 Å². The molecule has 0 spiro atoms. The first-order valence-corrected chi connectivity index (χ1v) is 4.04. The Balaban J connectivity index is 0.000001000. The zero-order chi connectivity index (χ0) is 7.40. The maximum Gasteiger partial charge on any atom is 0.0476 e. The maximum absolute atomic E-state index is 5.71. The van der Waals surface area contributed by atoms with Crippen LogP contribution in [0, 0.1) is 0 Å². The second kappa shape index (κ2) is 5.66. The van der Waals surface area contributed by atoms with E-state index < -0.39 is 0 Å². The lowest BCUT2D eigenvalue weighted by molar-refractivity contribution is 1.10. The lowest BCUT2D eigenvalue weighted by Gasteiger charge is -2.01. The van der Waals surface area contributed by atoms with Crippen LogP contribution >= 0.6 is 11.6 Å². The fourth-order valence-electron chi connectivity index (χ4n) is 1.03. The van der Waals surface area contributed by atoms with Gasteiger partial charge in [-0.2, -0.15) is 0 Å². The highest BCUT2D eigenvalue weighted by atomic mass is 35.5. The van der Waals surface area contributed by atoms with Crippen LogP contribution in [0.5, 0.6) is 0 Å². The van der Waals surface area contributed by atoms with Crippen LogP contribution < -0.4 is 0 Å². The largest absolute Gasteiger partial charge is 0.122 e. The van der Waals surface area contributed by atoms with Crippen molar-refractivity contribution >= 4 is 29.0 Å². The zero-order valence-electron chi connectivity index (χ0n) is 6.68. The molecule has 0 nitrogen and oxygen atoms in total. The van der Waals surface area contributed by atoms with E-state index >= 15 is 0 Å². The third kappa shape index (κ3) is 2.87. The summed E-state index contributed by atoms with van der Waals surface area (Å²) in [7, 11) is 0. The van der Waals surface area contributed by atoms with Crippen LogP contribution in [0.25, 0.3) is 0 Å². The molecule has 0 N–H and O–H groups in total. The molecule has 11 heavy (non-hydrogen) atoms. The van der Waals surface area contributed by atoms with E-state index in [0.717, 1.165) is 6.42 Å². The summed E-state index contributed by atoms with van der Waals surface area (Å²) in [5.74, 6) is 0.629. The molecule has 0 amide bonds. The van der Waals surface area contributed by atoms with E-state index in [0.29, 0.717) is 5.88 Å². The van der Waals surface area contributed by atoms with E-state index in [9.17, 15) is 0 Å². The van der Waals surface area contributed by atoms with Crippen molar-refractivity contribution < 1.29 is 0 Å². The molecular weight excluding hydrogens is 171 g/mol. The highest BCUT2D eigenvalue weighted by molar-refractivity contribution is 6.17. The number of halogens is 1. The van der Waals surface area contributed by atoms with Crippen molar-refractivity contribution in [2.75, 3.05) is 0 Å². The van der Waals surface area contributed by atoms with Crippen molar-refractivity contribution in [1.29, 1.82) is 0 Å². The summed E-state index contributed by atoms with van der Waals surface area (Å²) in [5.41, 5.74) is 2.61. The van der Waals surface area contributed by atoms with Gasteiger partial charge in [0.2, 0.25) is 0 Å². The number of benzene rings is 1. The van der Waals surface area contributed by atoms with Gasteiger partial charge in [-0.1, -0.05) is 31.2 Å². The molecule has 0 heterocycles. The Morgan fingerprint density at radius 2 is 1.73 bits per heavy atom. The minimum absolute atomic E-state index is 0. The third-order valence-corrected chi connectivity index (χ3v) is 1.93. The second-order valence-corrected chi connectivity index (χ2v) is 2.52. The Morgan fingerprint density at radius 3 is 2.09 bits per heavy atom. The van der Waals surface area contributed by atoms with Crippen molar-refractivity contribution in [3.8, 4) is 0 Å². The molecule has 0 unspecified atom stereocenters. The first kappa shape index (κ1) is 11.0. The quantitative estimate of drug-likeness (QED) is 0.486. The standard InChI is InChI=1S/C9H11Cl.Al/c1-2-8-5-3-4-6-9(8)7-10;/h3-6H,2,7H2,1H3;. The number of hydrogen-bond acceptors (Lipinski definition) is 0. The number of alkyl halides is 1. The van der Waals surface area contributed by atoms with E-state index in [4.69, 9.17) is 11.6 Å². The molecule has 0 saturated carbocycles. The van der Waals surface area contributed by atoms with Gasteiger partial charge in [0.1, 0.15) is 0 Å². The van der Waals surface area contributed by atoms with Gasteiger partial charge in [0.05, 0.1) is 0 Å². The van der Waals surface area contributed by atoms with Gasteiger partial charge in [0, 0.05) is 23.2 Å². The van der Waals surface area contributed by atoms with E-state index in [1.165, 1.54) is 11.1 Å². The van der Waals surface area contributed by atoms with Crippen LogP contribution in [-0.4, -0.2) is 17.4 Å². The van der Waals surface area contributed by atoms with Crippen LogP contribution in [0.15, 0.2) is 24.3 Å². The Kier molecular flexibility index (Phi) is 5.68. The van der Waals surface area contributed by atoms with Crippen LogP contribution in [-0.2, 0) is 12.3 Å². The average Bonchev–Trinajstić information content (AvgIpc) is 2.04. The van der Waals surface area contributed by atoms with E-state index in [1.807, 2.05) is 6.07 Å². The lowest BCUT2D eigenvalue weighted by atomic mass is 10.1. The van der Waals surface area contributed by atoms with Crippen molar-refractivity contribution in [2.24, 2.45) is 0 Å². The Bertz CT molecular complexity index is 187. The average molecular weight is 182 g/mol. The first-order valence-electron chi connectivity index (χ1n) is 3.51. The highest BCUT2D eigenvalue weighted by Gasteiger charge is 1.95. The molecule has 0 aliphatic carbocycles. The molecule has 0 aromatic heterocycles. The third-order valence-electron chi connectivity index (χ3n) is 1.64. The normalized spacial score (nSPS) is 8.91. The molecular formula is C9H11AlCl. The summed E-state index contributed by atoms with van der Waals surface area (Å²) in [5, 5.41) is 0. The molecule has 0 aliphatic rings. The molecule has 1 aromatic rings. The Hall–Kier alpha value is 0.0425. The predicted octanol–water partition coefficient (Wildman–Crippen LogP) is 2.61. The Labute approximate surface area is 83.7 Å². The van der Waals surface area contributed by atoms with Gasteiger partial charge in [-0.15, -0.1) is 11.6 Å². The molecule has 0 bridgehead atoms. The smallest absolute Gasteiger partial charge is 0.0476 e. The van der Waals surface area contributed by atoms with Gasteiger partial charge in [-0.25, -0.2) is 0 Å².